The van der Waals surface area contributed by atoms with E-state index in [0.717, 1.165) is 12.1 Å². The summed E-state index contributed by atoms with van der Waals surface area (Å²) in [6.45, 7) is 2.46. The van der Waals surface area contributed by atoms with E-state index in [1.165, 1.54) is 11.0 Å². The summed E-state index contributed by atoms with van der Waals surface area (Å²) in [5.41, 5.74) is 0. The van der Waals surface area contributed by atoms with Crippen molar-refractivity contribution in [3.8, 4) is 5.75 Å². The molecule has 0 saturated carbocycles. The molecule has 1 aliphatic rings. The molecule has 12 heteroatoms. The number of halogens is 4. The maximum atomic E-state index is 12.6. The molecule has 1 amide bonds. The third kappa shape index (κ3) is 6.25. The first-order valence-electron chi connectivity index (χ1n) is 8.01. The highest BCUT2D eigenvalue weighted by Gasteiger charge is 2.35. The quantitative estimate of drug-likeness (QED) is 0.707. The molecule has 0 atom stereocenters. The molecule has 1 aromatic carbocycles. The van der Waals surface area contributed by atoms with Crippen LogP contribution in [0.2, 0.25) is 0 Å². The molecule has 0 unspecified atom stereocenters. The van der Waals surface area contributed by atoms with Crippen LogP contribution >= 0.6 is 15.9 Å². The summed E-state index contributed by atoms with van der Waals surface area (Å²) in [5.74, 6) is -0.826. The Hall–Kier alpha value is -1.53. The van der Waals surface area contributed by atoms with Gasteiger partial charge in [0.25, 0.3) is 0 Å². The van der Waals surface area contributed by atoms with E-state index in [4.69, 9.17) is 4.74 Å². The fraction of sp³-hybridized carbons (Fsp3) is 0.533. The lowest BCUT2D eigenvalue weighted by Crippen LogP contribution is -2.46. The van der Waals surface area contributed by atoms with Crippen molar-refractivity contribution < 1.29 is 35.9 Å². The van der Waals surface area contributed by atoms with E-state index < -0.39 is 39.2 Å². The maximum Gasteiger partial charge on any atom is 0.573 e. The van der Waals surface area contributed by atoms with Gasteiger partial charge in [-0.15, -0.1) is 13.2 Å². The van der Waals surface area contributed by atoms with E-state index in [1.807, 2.05) is 0 Å². The summed E-state index contributed by atoms with van der Waals surface area (Å²) in [5, 5.41) is 0. The lowest BCUT2D eigenvalue weighted by molar-refractivity contribution is -0.275. The van der Waals surface area contributed by atoms with Crippen LogP contribution < -0.4 is 9.46 Å². The van der Waals surface area contributed by atoms with Gasteiger partial charge in [0.05, 0.1) is 6.61 Å². The zero-order valence-corrected chi connectivity index (χ0v) is 16.7. The molecule has 0 aromatic heterocycles. The molecule has 27 heavy (non-hydrogen) atoms. The minimum absolute atomic E-state index is 0.233. The van der Waals surface area contributed by atoms with Gasteiger partial charge in [0.15, 0.2) is 5.75 Å². The van der Waals surface area contributed by atoms with Gasteiger partial charge in [-0.3, -0.25) is 0 Å². The fourth-order valence-corrected chi connectivity index (χ4v) is 4.34. The van der Waals surface area contributed by atoms with Crippen LogP contribution in [0.5, 0.6) is 5.75 Å². The minimum atomic E-state index is -5.03. The van der Waals surface area contributed by atoms with Gasteiger partial charge in [-0.05, 0) is 38.0 Å². The average Bonchev–Trinajstić information content (AvgIpc) is 2.53. The van der Waals surface area contributed by atoms with Gasteiger partial charge < -0.3 is 14.4 Å². The Morgan fingerprint density at radius 3 is 2.52 bits per heavy atom. The zero-order chi connectivity index (χ0) is 20.2. The van der Waals surface area contributed by atoms with Gasteiger partial charge in [0, 0.05) is 23.6 Å². The SMILES string of the molecule is CCOC(=O)N1CCC(NS(=O)(=O)c2ccc(Br)cc2OC(F)(F)F)CC1. The topological polar surface area (TPSA) is 84.9 Å². The summed E-state index contributed by atoms with van der Waals surface area (Å²) >= 11 is 2.99. The third-order valence-electron chi connectivity index (χ3n) is 3.76. The lowest BCUT2D eigenvalue weighted by Gasteiger charge is -2.31. The molecule has 0 aliphatic carbocycles. The predicted molar refractivity (Wildman–Crippen MR) is 92.8 cm³/mol. The van der Waals surface area contributed by atoms with E-state index >= 15 is 0 Å². The molecule has 0 bridgehead atoms. The van der Waals surface area contributed by atoms with Crippen molar-refractivity contribution in [2.45, 2.75) is 37.1 Å². The van der Waals surface area contributed by atoms with E-state index in [0.29, 0.717) is 12.8 Å². The first-order valence-corrected chi connectivity index (χ1v) is 10.3. The molecule has 1 saturated heterocycles. The van der Waals surface area contributed by atoms with E-state index in [1.54, 1.807) is 6.92 Å². The zero-order valence-electron chi connectivity index (χ0n) is 14.3. The van der Waals surface area contributed by atoms with Crippen molar-refractivity contribution in [2.75, 3.05) is 19.7 Å². The van der Waals surface area contributed by atoms with Gasteiger partial charge in [0.2, 0.25) is 10.0 Å². The summed E-state index contributed by atoms with van der Waals surface area (Å²) in [7, 11) is -4.26. The number of benzene rings is 1. The summed E-state index contributed by atoms with van der Waals surface area (Å²) in [6, 6.07) is 2.75. The second-order valence-corrected chi connectivity index (χ2v) is 8.32. The van der Waals surface area contributed by atoms with Crippen LogP contribution in [0, 0.1) is 0 Å². The van der Waals surface area contributed by atoms with Crippen LogP contribution in [-0.2, 0) is 14.8 Å². The van der Waals surface area contributed by atoms with Crippen molar-refractivity contribution in [3.05, 3.63) is 22.7 Å². The molecule has 1 aliphatic heterocycles. The number of piperidine rings is 1. The van der Waals surface area contributed by atoms with Gasteiger partial charge >= 0.3 is 12.5 Å². The van der Waals surface area contributed by atoms with Gasteiger partial charge in [0.1, 0.15) is 4.90 Å². The van der Waals surface area contributed by atoms with Gasteiger partial charge in [-0.1, -0.05) is 15.9 Å². The summed E-state index contributed by atoms with van der Waals surface area (Å²) in [4.78, 5) is 12.5. The second-order valence-electron chi connectivity index (χ2n) is 5.72. The van der Waals surface area contributed by atoms with Crippen LogP contribution in [-0.4, -0.2) is 51.5 Å². The van der Waals surface area contributed by atoms with Crippen molar-refractivity contribution >= 4 is 32.0 Å². The Morgan fingerprint density at radius 2 is 1.96 bits per heavy atom. The van der Waals surface area contributed by atoms with Crippen molar-refractivity contribution in [3.63, 3.8) is 0 Å². The highest BCUT2D eigenvalue weighted by Crippen LogP contribution is 2.32. The van der Waals surface area contributed by atoms with E-state index in [-0.39, 0.29) is 24.2 Å². The van der Waals surface area contributed by atoms with Crippen LogP contribution in [0.3, 0.4) is 0 Å². The number of carbonyl (C=O) groups excluding carboxylic acids is 1. The highest BCUT2D eigenvalue weighted by molar-refractivity contribution is 9.10. The smallest absolute Gasteiger partial charge is 0.450 e. The number of alkyl halides is 3. The molecule has 1 aromatic rings. The minimum Gasteiger partial charge on any atom is -0.450 e. The first-order chi connectivity index (χ1) is 12.5. The van der Waals surface area contributed by atoms with Crippen LogP contribution in [0.25, 0.3) is 0 Å². The van der Waals surface area contributed by atoms with Crippen molar-refractivity contribution in [1.82, 2.24) is 9.62 Å². The molecule has 1 heterocycles. The Labute approximate surface area is 163 Å². The maximum absolute atomic E-state index is 12.6. The number of rotatable bonds is 5. The number of ether oxygens (including phenoxy) is 2. The summed E-state index contributed by atoms with van der Waals surface area (Å²) < 4.78 is 74.2. The number of nitrogens with one attached hydrogen (secondary N) is 1. The van der Waals surface area contributed by atoms with E-state index in [9.17, 15) is 26.4 Å². The van der Waals surface area contributed by atoms with Crippen molar-refractivity contribution in [1.29, 1.82) is 0 Å². The molecule has 7 nitrogen and oxygen atoms in total. The molecule has 1 fully saturated rings. The van der Waals surface area contributed by atoms with Crippen LogP contribution in [0.1, 0.15) is 19.8 Å². The number of sulfonamides is 1. The standard InChI is InChI=1S/C15H18BrF3N2O5S/c1-2-25-14(22)21-7-5-11(6-8-21)20-27(23,24)13-4-3-10(16)9-12(13)26-15(17,18)19/h3-4,9,11,20H,2,5-8H2,1H3. The Kier molecular flexibility index (Phi) is 6.98. The largest absolute Gasteiger partial charge is 0.573 e. The summed E-state index contributed by atoms with van der Waals surface area (Å²) in [6.07, 6.45) is -4.89. The fourth-order valence-electron chi connectivity index (χ4n) is 2.59. The molecule has 0 spiro atoms. The number of likely N-dealkylation sites (tertiary alicyclic amines) is 1. The lowest BCUT2D eigenvalue weighted by atomic mass is 10.1. The molecule has 152 valence electrons. The monoisotopic (exact) mass is 474 g/mol. The Balaban J connectivity index is 2.11. The van der Waals surface area contributed by atoms with Gasteiger partial charge in [-0.2, -0.15) is 0 Å². The number of carbonyl (C=O) groups is 1. The number of nitrogens with zero attached hydrogens (tertiary/aromatic N) is 1. The average molecular weight is 475 g/mol. The molecule has 1 N–H and O–H groups in total. The molecule has 2 rings (SSSR count). The Morgan fingerprint density at radius 1 is 1.33 bits per heavy atom. The Bertz CT molecular complexity index is 780. The molecule has 0 radical (unpaired) electrons. The van der Waals surface area contributed by atoms with Crippen molar-refractivity contribution in [2.24, 2.45) is 0 Å². The first kappa shape index (κ1) is 21.8. The van der Waals surface area contributed by atoms with E-state index in [2.05, 4.69) is 25.4 Å². The molecular formula is C15H18BrF3N2O5S. The van der Waals surface area contributed by atoms with Gasteiger partial charge in [-0.25, -0.2) is 17.9 Å². The molecular weight excluding hydrogens is 457 g/mol. The predicted octanol–water partition coefficient (Wildman–Crippen LogP) is 3.25. The number of hydrogen-bond acceptors (Lipinski definition) is 5. The third-order valence-corrected chi connectivity index (χ3v) is 5.82. The highest BCUT2D eigenvalue weighted by atomic mass is 79.9. The normalized spacial score (nSPS) is 16.3. The number of amides is 1. The van der Waals surface area contributed by atoms with Crippen LogP contribution in [0.15, 0.2) is 27.6 Å². The van der Waals surface area contributed by atoms with Crippen LogP contribution in [0.4, 0.5) is 18.0 Å². The second kappa shape index (κ2) is 8.65. The number of hydrogen-bond donors (Lipinski definition) is 1.